The molecule has 4 nitrogen and oxygen atoms in total. The van der Waals surface area contributed by atoms with Gasteiger partial charge in [0, 0.05) is 17.8 Å². The molecule has 0 bridgehead atoms. The Morgan fingerprint density at radius 2 is 1.58 bits per heavy atom. The quantitative estimate of drug-likeness (QED) is 0.782. The lowest BCUT2D eigenvalue weighted by atomic mass is 10.1. The molecule has 0 aliphatic rings. The standard InChI is InChI=1S/C15H16N2O2/c16-9-11-1-5-13(6-2-11)15(19)17-14-7-3-12(10-18)4-8-14/h1-8,18H,9-10,16H2,(H,17,19). The molecule has 0 aliphatic carbocycles. The van der Waals surface area contributed by atoms with Crippen molar-refractivity contribution in [1.29, 1.82) is 0 Å². The molecule has 0 atom stereocenters. The SMILES string of the molecule is NCc1ccc(C(=O)Nc2ccc(CO)cc2)cc1. The number of carbonyl (C=O) groups is 1. The van der Waals surface area contributed by atoms with Crippen molar-refractivity contribution in [3.8, 4) is 0 Å². The number of aliphatic hydroxyl groups is 1. The lowest BCUT2D eigenvalue weighted by Crippen LogP contribution is -2.12. The molecule has 4 N–H and O–H groups in total. The molecular formula is C15H16N2O2. The van der Waals surface area contributed by atoms with Crippen LogP contribution in [0.3, 0.4) is 0 Å². The second-order valence-corrected chi connectivity index (χ2v) is 4.21. The van der Waals surface area contributed by atoms with Crippen molar-refractivity contribution < 1.29 is 9.90 Å². The summed E-state index contributed by atoms with van der Waals surface area (Å²) >= 11 is 0. The zero-order valence-electron chi connectivity index (χ0n) is 10.5. The average Bonchev–Trinajstić information content (AvgIpc) is 2.48. The highest BCUT2D eigenvalue weighted by atomic mass is 16.3. The van der Waals surface area contributed by atoms with E-state index < -0.39 is 0 Å². The van der Waals surface area contributed by atoms with Gasteiger partial charge in [-0.1, -0.05) is 24.3 Å². The molecule has 0 aliphatic heterocycles. The number of rotatable bonds is 4. The van der Waals surface area contributed by atoms with Gasteiger partial charge in [-0.15, -0.1) is 0 Å². The summed E-state index contributed by atoms with van der Waals surface area (Å²) in [6.07, 6.45) is 0. The van der Waals surface area contributed by atoms with Gasteiger partial charge in [-0.05, 0) is 35.4 Å². The van der Waals surface area contributed by atoms with Crippen LogP contribution in [0.25, 0.3) is 0 Å². The minimum Gasteiger partial charge on any atom is -0.392 e. The van der Waals surface area contributed by atoms with Crippen LogP contribution in [0.2, 0.25) is 0 Å². The molecule has 98 valence electrons. The van der Waals surface area contributed by atoms with Gasteiger partial charge < -0.3 is 16.2 Å². The number of hydrogen-bond acceptors (Lipinski definition) is 3. The van der Waals surface area contributed by atoms with E-state index >= 15 is 0 Å². The molecule has 4 heteroatoms. The zero-order valence-corrected chi connectivity index (χ0v) is 10.5. The summed E-state index contributed by atoms with van der Waals surface area (Å²) in [5.74, 6) is -0.166. The molecule has 0 heterocycles. The molecule has 0 fully saturated rings. The Kier molecular flexibility index (Phi) is 4.28. The number of anilines is 1. The van der Waals surface area contributed by atoms with Crippen LogP contribution in [-0.2, 0) is 13.2 Å². The second-order valence-electron chi connectivity index (χ2n) is 4.21. The third-order valence-electron chi connectivity index (χ3n) is 2.85. The first kappa shape index (κ1) is 13.3. The third kappa shape index (κ3) is 3.40. The van der Waals surface area contributed by atoms with Crippen LogP contribution < -0.4 is 11.1 Å². The molecule has 1 amide bonds. The van der Waals surface area contributed by atoms with Crippen molar-refractivity contribution in [2.75, 3.05) is 5.32 Å². The molecule has 0 spiro atoms. The van der Waals surface area contributed by atoms with Gasteiger partial charge >= 0.3 is 0 Å². The van der Waals surface area contributed by atoms with Crippen molar-refractivity contribution in [3.05, 3.63) is 65.2 Å². The van der Waals surface area contributed by atoms with Crippen LogP contribution in [-0.4, -0.2) is 11.0 Å². The number of carbonyl (C=O) groups excluding carboxylic acids is 1. The summed E-state index contributed by atoms with van der Waals surface area (Å²) in [5, 5.41) is 11.7. The van der Waals surface area contributed by atoms with Crippen molar-refractivity contribution >= 4 is 11.6 Å². The van der Waals surface area contributed by atoms with Crippen LogP contribution in [0.1, 0.15) is 21.5 Å². The number of nitrogens with two attached hydrogens (primary N) is 1. The van der Waals surface area contributed by atoms with Crippen molar-refractivity contribution in [2.24, 2.45) is 5.73 Å². The van der Waals surface area contributed by atoms with Crippen molar-refractivity contribution in [1.82, 2.24) is 0 Å². The molecule has 0 radical (unpaired) electrons. The minimum absolute atomic E-state index is 0.00518. The maximum Gasteiger partial charge on any atom is 0.255 e. The lowest BCUT2D eigenvalue weighted by molar-refractivity contribution is 0.102. The Bertz CT molecular complexity index is 547. The highest BCUT2D eigenvalue weighted by Crippen LogP contribution is 2.12. The molecule has 2 rings (SSSR count). The van der Waals surface area contributed by atoms with E-state index in [0.717, 1.165) is 11.1 Å². The minimum atomic E-state index is -0.166. The van der Waals surface area contributed by atoms with Crippen molar-refractivity contribution in [2.45, 2.75) is 13.2 Å². The van der Waals surface area contributed by atoms with Crippen LogP contribution >= 0.6 is 0 Å². The summed E-state index contributed by atoms with van der Waals surface area (Å²) in [6.45, 7) is 0.458. The summed E-state index contributed by atoms with van der Waals surface area (Å²) in [7, 11) is 0. The fourth-order valence-electron chi connectivity index (χ4n) is 1.69. The summed E-state index contributed by atoms with van der Waals surface area (Å²) in [4.78, 5) is 12.0. The molecular weight excluding hydrogens is 240 g/mol. The Balaban J connectivity index is 2.06. The van der Waals surface area contributed by atoms with Crippen LogP contribution in [0.4, 0.5) is 5.69 Å². The van der Waals surface area contributed by atoms with Crippen LogP contribution in [0.15, 0.2) is 48.5 Å². The van der Waals surface area contributed by atoms with E-state index in [0.29, 0.717) is 17.8 Å². The van der Waals surface area contributed by atoms with Crippen LogP contribution in [0.5, 0.6) is 0 Å². The number of amides is 1. The zero-order chi connectivity index (χ0) is 13.7. The van der Waals surface area contributed by atoms with Gasteiger partial charge in [-0.25, -0.2) is 0 Å². The first-order chi connectivity index (χ1) is 9.22. The van der Waals surface area contributed by atoms with E-state index in [4.69, 9.17) is 10.8 Å². The van der Waals surface area contributed by atoms with Gasteiger partial charge in [0.25, 0.3) is 5.91 Å². The first-order valence-corrected chi connectivity index (χ1v) is 6.03. The smallest absolute Gasteiger partial charge is 0.255 e. The van der Waals surface area contributed by atoms with E-state index in [-0.39, 0.29) is 12.5 Å². The topological polar surface area (TPSA) is 75.4 Å². The van der Waals surface area contributed by atoms with Gasteiger partial charge in [-0.3, -0.25) is 4.79 Å². The van der Waals surface area contributed by atoms with Crippen molar-refractivity contribution in [3.63, 3.8) is 0 Å². The van der Waals surface area contributed by atoms with E-state index in [9.17, 15) is 4.79 Å². The average molecular weight is 256 g/mol. The summed E-state index contributed by atoms with van der Waals surface area (Å²) in [5.41, 5.74) is 8.59. The van der Waals surface area contributed by atoms with E-state index in [1.54, 1.807) is 36.4 Å². The molecule has 0 unspecified atom stereocenters. The van der Waals surface area contributed by atoms with Crippen LogP contribution in [0, 0.1) is 0 Å². The van der Waals surface area contributed by atoms with Gasteiger partial charge in [-0.2, -0.15) is 0 Å². The molecule has 2 aromatic carbocycles. The maximum absolute atomic E-state index is 12.0. The Labute approximate surface area is 111 Å². The highest BCUT2D eigenvalue weighted by Gasteiger charge is 2.05. The maximum atomic E-state index is 12.0. The molecule has 19 heavy (non-hydrogen) atoms. The normalized spacial score (nSPS) is 10.2. The predicted molar refractivity (Wildman–Crippen MR) is 74.7 cm³/mol. The summed E-state index contributed by atoms with van der Waals surface area (Å²) in [6, 6.07) is 14.2. The summed E-state index contributed by atoms with van der Waals surface area (Å²) < 4.78 is 0. The number of hydrogen-bond donors (Lipinski definition) is 3. The number of benzene rings is 2. The lowest BCUT2D eigenvalue weighted by Gasteiger charge is -2.06. The number of nitrogens with one attached hydrogen (secondary N) is 1. The Hall–Kier alpha value is -2.17. The molecule has 0 saturated carbocycles. The molecule has 0 aromatic heterocycles. The largest absolute Gasteiger partial charge is 0.392 e. The molecule has 0 saturated heterocycles. The predicted octanol–water partition coefficient (Wildman–Crippen LogP) is 1.89. The van der Waals surface area contributed by atoms with E-state index in [2.05, 4.69) is 5.32 Å². The van der Waals surface area contributed by atoms with Gasteiger partial charge in [0.05, 0.1) is 6.61 Å². The van der Waals surface area contributed by atoms with Gasteiger partial charge in [0.2, 0.25) is 0 Å². The fourth-order valence-corrected chi connectivity index (χ4v) is 1.69. The van der Waals surface area contributed by atoms with E-state index in [1.165, 1.54) is 0 Å². The van der Waals surface area contributed by atoms with Gasteiger partial charge in [0.1, 0.15) is 0 Å². The second kappa shape index (κ2) is 6.13. The first-order valence-electron chi connectivity index (χ1n) is 6.03. The number of aliphatic hydroxyl groups excluding tert-OH is 1. The molecule has 2 aromatic rings. The van der Waals surface area contributed by atoms with E-state index in [1.807, 2.05) is 12.1 Å². The monoisotopic (exact) mass is 256 g/mol. The highest BCUT2D eigenvalue weighted by molar-refractivity contribution is 6.04. The third-order valence-corrected chi connectivity index (χ3v) is 2.85. The fraction of sp³-hybridized carbons (Fsp3) is 0.133. The Morgan fingerprint density at radius 3 is 2.11 bits per heavy atom. The van der Waals surface area contributed by atoms with Gasteiger partial charge in [0.15, 0.2) is 0 Å². The Morgan fingerprint density at radius 1 is 1.00 bits per heavy atom.